The molecule has 0 amide bonds. The number of fused-ring (bicyclic) bond motifs is 1. The average molecular weight is 577 g/mol. The fourth-order valence-corrected chi connectivity index (χ4v) is 4.74. The molecule has 5 unspecified atom stereocenters. The van der Waals surface area contributed by atoms with Crippen molar-refractivity contribution in [3.8, 4) is 0 Å². The van der Waals surface area contributed by atoms with Gasteiger partial charge in [0.25, 0.3) is 0 Å². The Balaban J connectivity index is 1.58. The van der Waals surface area contributed by atoms with Gasteiger partial charge in [0.15, 0.2) is 0 Å². The van der Waals surface area contributed by atoms with Crippen LogP contribution in [0.4, 0.5) is 9.59 Å². The van der Waals surface area contributed by atoms with Gasteiger partial charge in [-0.3, -0.25) is 9.59 Å². The molecular weight excluding hydrogens is 547 g/mol. The van der Waals surface area contributed by atoms with Crippen molar-refractivity contribution < 1.29 is 52.3 Å². The molecule has 38 heavy (non-hydrogen) atoms. The van der Waals surface area contributed by atoms with Crippen LogP contribution in [0.25, 0.3) is 0 Å². The number of benzene rings is 1. The van der Waals surface area contributed by atoms with E-state index in [1.165, 1.54) is 0 Å². The summed E-state index contributed by atoms with van der Waals surface area (Å²) in [7, 11) is 0. The monoisotopic (exact) mass is 576 g/mol. The first-order valence-electron chi connectivity index (χ1n) is 12.0. The van der Waals surface area contributed by atoms with Crippen LogP contribution in [0, 0.1) is 23.7 Å². The summed E-state index contributed by atoms with van der Waals surface area (Å²) in [4.78, 5) is 48.6. The minimum atomic E-state index is -0.978. The number of carbonyl (C=O) groups excluding carboxylic acids is 4. The van der Waals surface area contributed by atoms with E-state index in [2.05, 4.69) is 0 Å². The molecule has 2 saturated carbocycles. The number of esters is 2. The lowest BCUT2D eigenvalue weighted by Gasteiger charge is -2.23. The third-order valence-corrected chi connectivity index (χ3v) is 6.70. The van der Waals surface area contributed by atoms with E-state index in [9.17, 15) is 19.2 Å². The first-order valence-corrected chi connectivity index (χ1v) is 12.8. The number of hydrogen-bond donors (Lipinski definition) is 0. The Bertz CT molecular complexity index is 1030. The van der Waals surface area contributed by atoms with Gasteiger partial charge in [-0.25, -0.2) is 9.59 Å². The smallest absolute Gasteiger partial charge is 0.431 e. The predicted octanol–water partition coefficient (Wildman–Crippen LogP) is 4.89. The Morgan fingerprint density at radius 1 is 0.816 bits per heavy atom. The Morgan fingerprint density at radius 3 is 1.89 bits per heavy atom. The molecule has 2 fully saturated rings. The summed E-state index contributed by atoms with van der Waals surface area (Å²) in [5.74, 6) is -3.35. The molecule has 0 aromatic heterocycles. The van der Waals surface area contributed by atoms with Crippen LogP contribution in [0.2, 0.25) is 10.0 Å². The highest BCUT2D eigenvalue weighted by Crippen LogP contribution is 2.62. The molecule has 210 valence electrons. The van der Waals surface area contributed by atoms with Crippen LogP contribution >= 0.6 is 23.2 Å². The van der Waals surface area contributed by atoms with Gasteiger partial charge >= 0.3 is 24.2 Å². The van der Waals surface area contributed by atoms with Crippen LogP contribution in [-0.2, 0) is 49.4 Å². The van der Waals surface area contributed by atoms with Gasteiger partial charge in [-0.1, -0.05) is 29.3 Å². The molecule has 0 heterocycles. The van der Waals surface area contributed by atoms with Crippen molar-refractivity contribution in [2.45, 2.75) is 59.0 Å². The van der Waals surface area contributed by atoms with Crippen molar-refractivity contribution in [3.63, 3.8) is 0 Å². The van der Waals surface area contributed by atoms with Gasteiger partial charge in [-0.05, 0) is 63.6 Å². The lowest BCUT2D eigenvalue weighted by Crippen LogP contribution is -2.34. The van der Waals surface area contributed by atoms with E-state index in [0.29, 0.717) is 16.5 Å². The van der Waals surface area contributed by atoms with E-state index in [0.717, 1.165) is 5.56 Å². The molecule has 11 nitrogen and oxygen atoms in total. The number of halogens is 2. The summed E-state index contributed by atoms with van der Waals surface area (Å²) in [6, 6.07) is 5.04. The highest BCUT2D eigenvalue weighted by molar-refractivity contribution is 6.42. The van der Waals surface area contributed by atoms with E-state index in [1.54, 1.807) is 45.9 Å². The first-order chi connectivity index (χ1) is 18.0. The van der Waals surface area contributed by atoms with Gasteiger partial charge in [-0.15, -0.1) is 0 Å². The number of hydrogen-bond acceptors (Lipinski definition) is 11. The van der Waals surface area contributed by atoms with Crippen molar-refractivity contribution in [1.29, 1.82) is 0 Å². The van der Waals surface area contributed by atoms with Gasteiger partial charge in [0.05, 0.1) is 46.8 Å². The molecule has 0 aliphatic heterocycles. The molecule has 2 aliphatic carbocycles. The van der Waals surface area contributed by atoms with Crippen LogP contribution in [0.5, 0.6) is 0 Å². The second kappa shape index (κ2) is 13.3. The molecular formula is C25H30Cl2O11. The maximum atomic E-state index is 13.0. The molecule has 0 saturated heterocycles. The lowest BCUT2D eigenvalue weighted by atomic mass is 9.97. The van der Waals surface area contributed by atoms with Crippen molar-refractivity contribution >= 4 is 47.5 Å². The average Bonchev–Trinajstić information content (AvgIpc) is 3.39. The van der Waals surface area contributed by atoms with Crippen LogP contribution in [0.3, 0.4) is 0 Å². The van der Waals surface area contributed by atoms with E-state index in [-0.39, 0.29) is 18.6 Å². The SMILES string of the molecule is CC(C)OC(=O)OCOC(=O)C1C(OCc2ccc(Cl)c(Cl)c2)CC2C(C(=O)OCOC(=O)OC(C)C)C21. The molecule has 0 spiro atoms. The Labute approximate surface area is 229 Å². The molecule has 1 aromatic carbocycles. The lowest BCUT2D eigenvalue weighted by molar-refractivity contribution is -0.166. The quantitative estimate of drug-likeness (QED) is 0.202. The van der Waals surface area contributed by atoms with Gasteiger partial charge in [0.2, 0.25) is 13.6 Å². The number of carbonyl (C=O) groups is 4. The van der Waals surface area contributed by atoms with Gasteiger partial charge in [-0.2, -0.15) is 0 Å². The van der Waals surface area contributed by atoms with Crippen LogP contribution in [0.15, 0.2) is 18.2 Å². The zero-order chi connectivity index (χ0) is 28.0. The largest absolute Gasteiger partial charge is 0.511 e. The van der Waals surface area contributed by atoms with Gasteiger partial charge in [0.1, 0.15) is 0 Å². The maximum Gasteiger partial charge on any atom is 0.511 e. The Morgan fingerprint density at radius 2 is 1.37 bits per heavy atom. The van der Waals surface area contributed by atoms with E-state index in [1.807, 2.05) is 0 Å². The summed E-state index contributed by atoms with van der Waals surface area (Å²) in [5.41, 5.74) is 0.744. The van der Waals surface area contributed by atoms with Crippen molar-refractivity contribution in [2.75, 3.05) is 13.6 Å². The van der Waals surface area contributed by atoms with Gasteiger partial charge in [0, 0.05) is 0 Å². The normalized spacial score (nSPS) is 23.4. The van der Waals surface area contributed by atoms with E-state index >= 15 is 0 Å². The molecule has 0 N–H and O–H groups in total. The van der Waals surface area contributed by atoms with Crippen molar-refractivity contribution in [2.24, 2.45) is 23.7 Å². The predicted molar refractivity (Wildman–Crippen MR) is 131 cm³/mol. The minimum absolute atomic E-state index is 0.142. The third kappa shape index (κ3) is 8.12. The summed E-state index contributed by atoms with van der Waals surface area (Å²) in [5, 5.41) is 0.767. The van der Waals surface area contributed by atoms with Crippen molar-refractivity contribution in [1.82, 2.24) is 0 Å². The zero-order valence-electron chi connectivity index (χ0n) is 21.3. The minimum Gasteiger partial charge on any atom is -0.431 e. The molecule has 0 radical (unpaired) electrons. The number of ether oxygens (including phenoxy) is 7. The van der Waals surface area contributed by atoms with E-state index < -0.39 is 67.8 Å². The fourth-order valence-electron chi connectivity index (χ4n) is 4.42. The van der Waals surface area contributed by atoms with Gasteiger partial charge < -0.3 is 33.2 Å². The molecule has 2 aliphatic rings. The summed E-state index contributed by atoms with van der Waals surface area (Å²) in [6.45, 7) is 5.46. The molecule has 0 bridgehead atoms. The Kier molecular flexibility index (Phi) is 10.5. The molecule has 3 rings (SSSR count). The molecule has 13 heteroatoms. The topological polar surface area (TPSA) is 133 Å². The van der Waals surface area contributed by atoms with Crippen LogP contribution in [-0.4, -0.2) is 56.1 Å². The van der Waals surface area contributed by atoms with Crippen LogP contribution in [0.1, 0.15) is 39.7 Å². The fraction of sp³-hybridized carbons (Fsp3) is 0.600. The highest BCUT2D eigenvalue weighted by atomic mass is 35.5. The Hall–Kier alpha value is -2.76. The zero-order valence-corrected chi connectivity index (χ0v) is 22.9. The summed E-state index contributed by atoms with van der Waals surface area (Å²) in [6.07, 6.45) is -2.91. The molecule has 1 aromatic rings. The van der Waals surface area contributed by atoms with Crippen molar-refractivity contribution in [3.05, 3.63) is 33.8 Å². The second-order valence-electron chi connectivity index (χ2n) is 9.41. The highest BCUT2D eigenvalue weighted by Gasteiger charge is 2.68. The summed E-state index contributed by atoms with van der Waals surface area (Å²) < 4.78 is 35.3. The first kappa shape index (κ1) is 29.8. The third-order valence-electron chi connectivity index (χ3n) is 5.96. The van der Waals surface area contributed by atoms with Crippen LogP contribution < -0.4 is 0 Å². The number of rotatable bonds is 11. The standard InChI is InChI=1S/C25H30Cl2O11/c1-12(2)37-24(30)35-10-33-22(28)20-15-8-18(32-9-14-5-6-16(26)17(27)7-14)21(19(15)20)23(29)34-11-36-25(31)38-13(3)4/h5-7,12-13,15,18-21H,8-11H2,1-4H3. The molecule has 5 atom stereocenters. The van der Waals surface area contributed by atoms with E-state index in [4.69, 9.17) is 56.4 Å². The summed E-state index contributed by atoms with van der Waals surface area (Å²) >= 11 is 12.0. The maximum absolute atomic E-state index is 13.0. The second-order valence-corrected chi connectivity index (χ2v) is 10.2.